The number of para-hydroxylation sites is 1. The van der Waals surface area contributed by atoms with Crippen molar-refractivity contribution >= 4 is 43.5 Å². The summed E-state index contributed by atoms with van der Waals surface area (Å²) in [6, 6.07) is 8.46. The minimum atomic E-state index is -4.23. The second-order valence-corrected chi connectivity index (χ2v) is 17.9. The van der Waals surface area contributed by atoms with Crippen molar-refractivity contribution in [1.29, 1.82) is 0 Å². The van der Waals surface area contributed by atoms with Gasteiger partial charge in [-0.1, -0.05) is 31.5 Å². The topological polar surface area (TPSA) is 165 Å². The van der Waals surface area contributed by atoms with Gasteiger partial charge in [-0.05, 0) is 92.3 Å². The van der Waals surface area contributed by atoms with Gasteiger partial charge < -0.3 is 18.7 Å². The van der Waals surface area contributed by atoms with Crippen LogP contribution in [-0.4, -0.2) is 69.1 Å². The number of benzene rings is 1. The molecule has 1 aromatic carbocycles. The smallest absolute Gasteiger partial charge is 0.459 e. The van der Waals surface area contributed by atoms with Crippen LogP contribution < -0.4 is 20.2 Å². The van der Waals surface area contributed by atoms with Crippen LogP contribution in [0.15, 0.2) is 47.4 Å². The van der Waals surface area contributed by atoms with E-state index >= 15 is 4.39 Å². The van der Waals surface area contributed by atoms with Crippen molar-refractivity contribution in [2.45, 2.75) is 128 Å². The van der Waals surface area contributed by atoms with E-state index in [4.69, 9.17) is 23.3 Å². The van der Waals surface area contributed by atoms with Crippen LogP contribution in [0.4, 0.5) is 19.8 Å². The third kappa shape index (κ3) is 11.5. The number of halogens is 1. The number of carbonyl (C=O) groups is 3. The van der Waals surface area contributed by atoms with Crippen molar-refractivity contribution in [3.63, 3.8) is 0 Å². The second-order valence-electron chi connectivity index (χ2n) is 14.9. The summed E-state index contributed by atoms with van der Waals surface area (Å²) >= 11 is 1.06. The van der Waals surface area contributed by atoms with Gasteiger partial charge in [-0.2, -0.15) is 15.0 Å². The summed E-state index contributed by atoms with van der Waals surface area (Å²) in [7, 11) is -4.23. The third-order valence-electron chi connectivity index (χ3n) is 8.06. The van der Waals surface area contributed by atoms with Crippen LogP contribution in [0.25, 0.3) is 0 Å². The van der Waals surface area contributed by atoms with Gasteiger partial charge >= 0.3 is 31.6 Å². The molecule has 2 fully saturated rings. The summed E-state index contributed by atoms with van der Waals surface area (Å²) in [5.41, 5.74) is -2.90. The molecule has 1 saturated carbocycles. The summed E-state index contributed by atoms with van der Waals surface area (Å²) in [6.07, 6.45) is 1.78. The Kier molecular flexibility index (Phi) is 13.6. The second kappa shape index (κ2) is 17.1. The Bertz CT molecular complexity index is 1630. The fourth-order valence-corrected chi connectivity index (χ4v) is 8.68. The molecule has 2 amide bonds. The summed E-state index contributed by atoms with van der Waals surface area (Å²) < 4.78 is 59.1. The highest BCUT2D eigenvalue weighted by Gasteiger charge is 2.45. The van der Waals surface area contributed by atoms with Crippen LogP contribution in [0, 0.1) is 5.92 Å². The number of aromatic nitrogens is 2. The Morgan fingerprint density at radius 2 is 1.62 bits per heavy atom. The van der Waals surface area contributed by atoms with Gasteiger partial charge in [0.05, 0.1) is 6.61 Å². The zero-order valence-electron chi connectivity index (χ0n) is 30.9. The standard InChI is InChI=1S/C35H50FN4O10PS/c1-22-26(21-46-51(45,50-25-17-13-10-14-18-25)38-23(2)30(41)47-24-15-11-9-12-16-24)52-29(28(22)36)39-20-19-27(37-31(39)42)40(32(43)48-34(3,4)5)33(44)49-35(6,7)8/h10,13-14,17-20,22-24,26,28-29H,9,11-12,15-16,21H2,1-8H3,(H,38,45)/t22-,23+,26-,28+,29-,51?/m1/s1. The molecule has 4 rings (SSSR count). The minimum absolute atomic E-state index is 0.209. The number of hydrogen-bond acceptors (Lipinski definition) is 12. The average Bonchev–Trinajstić information content (AvgIpc) is 3.32. The Morgan fingerprint density at radius 3 is 2.17 bits per heavy atom. The van der Waals surface area contributed by atoms with E-state index < -0.39 is 71.5 Å². The van der Waals surface area contributed by atoms with E-state index in [-0.39, 0.29) is 24.3 Å². The zero-order chi connectivity index (χ0) is 38.4. The van der Waals surface area contributed by atoms with E-state index in [1.54, 1.807) is 78.8 Å². The molecule has 1 aliphatic carbocycles. The molecule has 6 atom stereocenters. The molecule has 2 aromatic rings. The Balaban J connectivity index is 1.51. The van der Waals surface area contributed by atoms with Gasteiger partial charge in [0.2, 0.25) is 0 Å². The van der Waals surface area contributed by atoms with E-state index in [1.165, 1.54) is 19.2 Å². The van der Waals surface area contributed by atoms with Crippen molar-refractivity contribution in [3.8, 4) is 5.75 Å². The maximum atomic E-state index is 15.9. The quantitative estimate of drug-likeness (QED) is 0.135. The lowest BCUT2D eigenvalue weighted by molar-refractivity contribution is -0.152. The molecule has 14 nitrogen and oxygen atoms in total. The number of anilines is 1. The molecule has 1 unspecified atom stereocenters. The van der Waals surface area contributed by atoms with Crippen LogP contribution in [-0.2, 0) is 28.1 Å². The third-order valence-corrected chi connectivity index (χ3v) is 11.4. The van der Waals surface area contributed by atoms with Gasteiger partial charge in [-0.25, -0.2) is 23.3 Å². The van der Waals surface area contributed by atoms with Crippen LogP contribution in [0.3, 0.4) is 0 Å². The van der Waals surface area contributed by atoms with E-state index in [9.17, 15) is 23.7 Å². The number of esters is 1. The first kappa shape index (κ1) is 41.3. The number of amides is 2. The molecule has 2 aliphatic rings. The molecular weight excluding hydrogens is 718 g/mol. The number of ether oxygens (including phenoxy) is 3. The van der Waals surface area contributed by atoms with Crippen molar-refractivity contribution in [3.05, 3.63) is 53.1 Å². The highest BCUT2D eigenvalue weighted by molar-refractivity contribution is 8.00. The van der Waals surface area contributed by atoms with Crippen LogP contribution in [0.5, 0.6) is 5.75 Å². The largest absolute Gasteiger partial charge is 0.461 e. The highest BCUT2D eigenvalue weighted by atomic mass is 32.2. The molecule has 52 heavy (non-hydrogen) atoms. The van der Waals surface area contributed by atoms with Gasteiger partial charge in [0.25, 0.3) is 0 Å². The predicted molar refractivity (Wildman–Crippen MR) is 194 cm³/mol. The van der Waals surface area contributed by atoms with E-state index in [2.05, 4.69) is 10.1 Å². The first-order valence-corrected chi connectivity index (χ1v) is 19.9. The van der Waals surface area contributed by atoms with Gasteiger partial charge in [-0.3, -0.25) is 13.9 Å². The summed E-state index contributed by atoms with van der Waals surface area (Å²) in [6.45, 7) is 12.5. The number of nitrogens with zero attached hydrogens (tertiary/aromatic N) is 3. The molecule has 288 valence electrons. The van der Waals surface area contributed by atoms with E-state index in [1.807, 2.05) is 0 Å². The first-order chi connectivity index (χ1) is 24.2. The summed E-state index contributed by atoms with van der Waals surface area (Å²) in [5.74, 6) is -1.42. The molecule has 1 aliphatic heterocycles. The Labute approximate surface area is 308 Å². The maximum absolute atomic E-state index is 15.9. The number of alkyl halides is 1. The molecule has 17 heteroatoms. The van der Waals surface area contributed by atoms with Crippen LogP contribution in [0.1, 0.15) is 92.9 Å². The SMILES string of the molecule is C[C@H]1[C@H](F)[C@H](n2ccc(N(C(=O)OC(C)(C)C)C(=O)OC(C)(C)C)nc2=O)S[C@@H]1COP(=O)(N[C@@H](C)C(=O)OC1CCCCC1)Oc1ccccc1. The molecular formula is C35H50FN4O10PS. The first-order valence-electron chi connectivity index (χ1n) is 17.4. The molecule has 1 aromatic heterocycles. The lowest BCUT2D eigenvalue weighted by Gasteiger charge is -2.28. The molecule has 0 spiro atoms. The van der Waals surface area contributed by atoms with Crippen molar-refractivity contribution < 1.29 is 46.6 Å². The van der Waals surface area contributed by atoms with E-state index in [0.717, 1.165) is 48.4 Å². The van der Waals surface area contributed by atoms with Crippen LogP contribution in [0.2, 0.25) is 0 Å². The van der Waals surface area contributed by atoms with Crippen molar-refractivity contribution in [1.82, 2.24) is 14.6 Å². The monoisotopic (exact) mass is 768 g/mol. The summed E-state index contributed by atoms with van der Waals surface area (Å²) in [4.78, 5) is 56.8. The number of thioether (sulfide) groups is 1. The number of rotatable bonds is 11. The Morgan fingerprint density at radius 1 is 1.02 bits per heavy atom. The normalized spacial score (nSPS) is 22.9. The molecule has 1 N–H and O–H groups in total. The Hall–Kier alpha value is -3.46. The van der Waals surface area contributed by atoms with E-state index in [0.29, 0.717) is 4.90 Å². The van der Waals surface area contributed by atoms with Crippen LogP contribution >= 0.6 is 19.5 Å². The molecule has 2 heterocycles. The zero-order valence-corrected chi connectivity index (χ0v) is 32.6. The fourth-order valence-electron chi connectivity index (χ4n) is 5.47. The maximum Gasteiger partial charge on any atom is 0.459 e. The summed E-state index contributed by atoms with van der Waals surface area (Å²) in [5, 5.41) is 0.982. The fraction of sp³-hybridized carbons (Fsp3) is 0.629. The number of imide groups is 1. The minimum Gasteiger partial charge on any atom is -0.461 e. The highest BCUT2D eigenvalue weighted by Crippen LogP contribution is 2.50. The van der Waals surface area contributed by atoms with Gasteiger partial charge in [0, 0.05) is 17.4 Å². The average molecular weight is 769 g/mol. The molecule has 0 radical (unpaired) electrons. The van der Waals surface area contributed by atoms with Crippen molar-refractivity contribution in [2.24, 2.45) is 5.92 Å². The lowest BCUT2D eigenvalue weighted by atomic mass is 9.98. The molecule has 1 saturated heterocycles. The lowest BCUT2D eigenvalue weighted by Crippen LogP contribution is -2.45. The number of nitrogens with one attached hydrogen (secondary N) is 1. The number of hydrogen-bond donors (Lipinski definition) is 1. The van der Waals surface area contributed by atoms with Gasteiger partial charge in [-0.15, -0.1) is 11.8 Å². The van der Waals surface area contributed by atoms with Gasteiger partial charge in [0.1, 0.15) is 40.6 Å². The number of carbonyl (C=O) groups excluding carboxylic acids is 3. The predicted octanol–water partition coefficient (Wildman–Crippen LogP) is 7.57. The van der Waals surface area contributed by atoms with Crippen molar-refractivity contribution in [2.75, 3.05) is 11.5 Å². The van der Waals surface area contributed by atoms with Gasteiger partial charge in [0.15, 0.2) is 5.82 Å². The molecule has 0 bridgehead atoms.